The number of aromatic nitrogens is 4. The van der Waals surface area contributed by atoms with E-state index in [4.69, 9.17) is 4.74 Å². The van der Waals surface area contributed by atoms with E-state index < -0.39 is 6.10 Å². The molecule has 0 saturated heterocycles. The summed E-state index contributed by atoms with van der Waals surface area (Å²) in [5, 5.41) is 24.0. The van der Waals surface area contributed by atoms with Gasteiger partial charge in [-0.2, -0.15) is 10.2 Å². The first-order valence-corrected chi connectivity index (χ1v) is 11.2. The van der Waals surface area contributed by atoms with Crippen LogP contribution < -0.4 is 10.6 Å². The van der Waals surface area contributed by atoms with Crippen molar-refractivity contribution < 1.29 is 9.53 Å². The van der Waals surface area contributed by atoms with E-state index in [1.165, 1.54) is 18.4 Å². The number of anilines is 2. The number of nitrogens with zero attached hydrogens (tertiary/aromatic N) is 4. The highest BCUT2D eigenvalue weighted by atomic mass is 32.1. The molecule has 9 heteroatoms. The molecule has 0 spiro atoms. The Morgan fingerprint density at radius 3 is 2.61 bits per heavy atom. The van der Waals surface area contributed by atoms with Gasteiger partial charge in [0.15, 0.2) is 6.10 Å². The van der Waals surface area contributed by atoms with Gasteiger partial charge in [0.05, 0.1) is 5.69 Å². The lowest BCUT2D eigenvalue weighted by Crippen LogP contribution is -2.25. The molecule has 4 rings (SSSR count). The van der Waals surface area contributed by atoms with E-state index in [-0.39, 0.29) is 5.91 Å². The number of hydrogen-bond donors (Lipinski definition) is 2. The molecule has 2 heterocycles. The van der Waals surface area contributed by atoms with Crippen molar-refractivity contribution in [2.75, 3.05) is 17.7 Å². The van der Waals surface area contributed by atoms with Crippen LogP contribution in [0.1, 0.15) is 54.5 Å². The molecule has 8 nitrogen and oxygen atoms in total. The molecule has 0 aliphatic heterocycles. The molecule has 2 aromatic heterocycles. The number of nitrogens with one attached hydrogen (secondary N) is 2. The van der Waals surface area contributed by atoms with Crippen LogP contribution in [0, 0.1) is 6.92 Å². The van der Waals surface area contributed by atoms with Crippen LogP contribution in [0.3, 0.4) is 0 Å². The Bertz CT molecular complexity index is 1000. The summed E-state index contributed by atoms with van der Waals surface area (Å²) >= 11 is 1.34. The van der Waals surface area contributed by atoms with Crippen molar-refractivity contribution >= 4 is 27.5 Å². The molecular weight excluding hydrogens is 412 g/mol. The summed E-state index contributed by atoms with van der Waals surface area (Å²) in [6.07, 6.45) is 5.19. The fourth-order valence-corrected chi connectivity index (χ4v) is 4.69. The zero-order valence-corrected chi connectivity index (χ0v) is 18.4. The van der Waals surface area contributed by atoms with Gasteiger partial charge in [0.25, 0.3) is 5.91 Å². The maximum absolute atomic E-state index is 12.7. The number of amides is 1. The quantitative estimate of drug-likeness (QED) is 0.572. The van der Waals surface area contributed by atoms with Gasteiger partial charge in [-0.1, -0.05) is 41.2 Å². The topological polar surface area (TPSA) is 102 Å². The van der Waals surface area contributed by atoms with Crippen molar-refractivity contribution in [3.8, 4) is 0 Å². The number of benzene rings is 1. The van der Waals surface area contributed by atoms with E-state index in [0.717, 1.165) is 42.5 Å². The zero-order chi connectivity index (χ0) is 21.6. The summed E-state index contributed by atoms with van der Waals surface area (Å²) in [5.74, 6) is 0.198. The minimum atomic E-state index is -0.698. The second kappa shape index (κ2) is 9.93. The van der Waals surface area contributed by atoms with E-state index in [2.05, 4.69) is 37.1 Å². The number of rotatable bonds is 7. The molecule has 1 aromatic carbocycles. The number of methoxy groups -OCH3 is 1. The highest BCUT2D eigenvalue weighted by Gasteiger charge is 2.25. The largest absolute Gasteiger partial charge is 0.367 e. The van der Waals surface area contributed by atoms with E-state index in [0.29, 0.717) is 22.2 Å². The van der Waals surface area contributed by atoms with Gasteiger partial charge >= 0.3 is 0 Å². The predicted molar refractivity (Wildman–Crippen MR) is 120 cm³/mol. The standard InChI is InChI=1S/C22H26N6O2S/c1-14-5-3-6-16(13-14)19(30-2)20(29)25-22-28-27-21(31-22)24-17-10-8-15(9-11-17)18-7-4-12-23-26-18/h3-7,12-13,15,17,19H,8-11H2,1-2H3,(H,24,27)(H,25,28,29). The molecule has 1 saturated carbocycles. The third-order valence-corrected chi connectivity index (χ3v) is 6.31. The van der Waals surface area contributed by atoms with E-state index >= 15 is 0 Å². The molecule has 1 atom stereocenters. The Balaban J connectivity index is 1.31. The highest BCUT2D eigenvalue weighted by Crippen LogP contribution is 2.33. The number of carbonyl (C=O) groups is 1. The summed E-state index contributed by atoms with van der Waals surface area (Å²) in [6, 6.07) is 12.0. The Labute approximate surface area is 185 Å². The van der Waals surface area contributed by atoms with Crippen LogP contribution in [-0.2, 0) is 9.53 Å². The van der Waals surface area contributed by atoms with Gasteiger partial charge in [0.2, 0.25) is 10.3 Å². The summed E-state index contributed by atoms with van der Waals surface area (Å²) < 4.78 is 5.42. The van der Waals surface area contributed by atoms with Crippen molar-refractivity contribution in [2.45, 2.75) is 50.7 Å². The second-order valence-electron chi connectivity index (χ2n) is 7.77. The summed E-state index contributed by atoms with van der Waals surface area (Å²) in [5.41, 5.74) is 2.95. The Kier molecular flexibility index (Phi) is 6.83. The third kappa shape index (κ3) is 5.42. The first-order valence-electron chi connectivity index (χ1n) is 10.4. The molecule has 1 aliphatic carbocycles. The van der Waals surface area contributed by atoms with Crippen molar-refractivity contribution in [3.63, 3.8) is 0 Å². The number of carbonyl (C=O) groups excluding carboxylic acids is 1. The minimum Gasteiger partial charge on any atom is -0.367 e. The number of ether oxygens (including phenoxy) is 1. The molecular formula is C22H26N6O2S. The fraction of sp³-hybridized carbons (Fsp3) is 0.409. The third-order valence-electron chi connectivity index (χ3n) is 5.54. The van der Waals surface area contributed by atoms with E-state index in [1.54, 1.807) is 6.20 Å². The van der Waals surface area contributed by atoms with Gasteiger partial charge in [-0.25, -0.2) is 0 Å². The second-order valence-corrected chi connectivity index (χ2v) is 8.75. The zero-order valence-electron chi connectivity index (χ0n) is 17.6. The van der Waals surface area contributed by atoms with E-state index in [9.17, 15) is 4.79 Å². The average Bonchev–Trinajstić information content (AvgIpc) is 3.22. The molecule has 3 aromatic rings. The first-order chi connectivity index (χ1) is 15.1. The van der Waals surface area contributed by atoms with Gasteiger partial charge in [0.1, 0.15) is 0 Å². The maximum Gasteiger partial charge on any atom is 0.259 e. The Morgan fingerprint density at radius 1 is 1.10 bits per heavy atom. The van der Waals surface area contributed by atoms with Gasteiger partial charge in [0, 0.05) is 25.3 Å². The molecule has 0 bridgehead atoms. The Hall–Kier alpha value is -2.91. The molecule has 162 valence electrons. The minimum absolute atomic E-state index is 0.264. The van der Waals surface area contributed by atoms with Crippen LogP contribution in [0.4, 0.5) is 10.3 Å². The van der Waals surface area contributed by atoms with Crippen LogP contribution in [0.2, 0.25) is 0 Å². The summed E-state index contributed by atoms with van der Waals surface area (Å²) in [7, 11) is 1.52. The van der Waals surface area contributed by atoms with Gasteiger partial charge < -0.3 is 10.1 Å². The van der Waals surface area contributed by atoms with Crippen LogP contribution >= 0.6 is 11.3 Å². The van der Waals surface area contributed by atoms with Crippen molar-refractivity contribution in [2.24, 2.45) is 0 Å². The fourth-order valence-electron chi connectivity index (χ4n) is 3.97. The van der Waals surface area contributed by atoms with Gasteiger partial charge in [-0.3, -0.25) is 10.1 Å². The highest BCUT2D eigenvalue weighted by molar-refractivity contribution is 7.19. The number of aryl methyl sites for hydroxylation is 1. The maximum atomic E-state index is 12.7. The first kappa shape index (κ1) is 21.3. The average molecular weight is 439 g/mol. The van der Waals surface area contributed by atoms with Crippen LogP contribution in [0.15, 0.2) is 42.6 Å². The van der Waals surface area contributed by atoms with Crippen molar-refractivity contribution in [1.29, 1.82) is 0 Å². The monoisotopic (exact) mass is 438 g/mol. The lowest BCUT2D eigenvalue weighted by Gasteiger charge is -2.28. The molecule has 0 radical (unpaired) electrons. The number of hydrogen-bond acceptors (Lipinski definition) is 8. The lowest BCUT2D eigenvalue weighted by molar-refractivity contribution is -0.126. The van der Waals surface area contributed by atoms with Gasteiger partial charge in [-0.15, -0.1) is 10.2 Å². The molecule has 1 aliphatic rings. The SMILES string of the molecule is COC(C(=O)Nc1nnc(NC2CCC(c3cccnn3)CC2)s1)c1cccc(C)c1. The lowest BCUT2D eigenvalue weighted by atomic mass is 9.84. The van der Waals surface area contributed by atoms with Crippen LogP contribution in [0.25, 0.3) is 0 Å². The summed E-state index contributed by atoms with van der Waals surface area (Å²) in [6.45, 7) is 1.98. The van der Waals surface area contributed by atoms with Crippen LogP contribution in [-0.4, -0.2) is 39.5 Å². The molecule has 1 unspecified atom stereocenters. The molecule has 2 N–H and O–H groups in total. The molecule has 31 heavy (non-hydrogen) atoms. The van der Waals surface area contributed by atoms with E-state index in [1.807, 2.05) is 37.3 Å². The smallest absolute Gasteiger partial charge is 0.259 e. The molecule has 1 amide bonds. The van der Waals surface area contributed by atoms with Gasteiger partial charge in [-0.05, 0) is 50.3 Å². The normalized spacial score (nSPS) is 19.5. The molecule has 1 fully saturated rings. The Morgan fingerprint density at radius 2 is 1.90 bits per heavy atom. The van der Waals surface area contributed by atoms with Crippen LogP contribution in [0.5, 0.6) is 0 Å². The predicted octanol–water partition coefficient (Wildman–Crippen LogP) is 4.10. The summed E-state index contributed by atoms with van der Waals surface area (Å²) in [4.78, 5) is 12.7. The van der Waals surface area contributed by atoms with Crippen molar-refractivity contribution in [3.05, 3.63) is 59.4 Å². The van der Waals surface area contributed by atoms with Crippen molar-refractivity contribution in [1.82, 2.24) is 20.4 Å².